The predicted octanol–water partition coefficient (Wildman–Crippen LogP) is 2.45. The number of benzene rings is 1. The molecule has 1 saturated heterocycles. The molecule has 1 atom stereocenters. The van der Waals surface area contributed by atoms with Crippen LogP contribution in [0.5, 0.6) is 5.88 Å². The van der Waals surface area contributed by atoms with Gasteiger partial charge in [0, 0.05) is 26.2 Å². The zero-order valence-corrected chi connectivity index (χ0v) is 15.6. The van der Waals surface area contributed by atoms with Crippen LogP contribution < -0.4 is 0 Å². The summed E-state index contributed by atoms with van der Waals surface area (Å²) in [6, 6.07) is 8.59. The highest BCUT2D eigenvalue weighted by molar-refractivity contribution is 7.17. The Morgan fingerprint density at radius 1 is 1.16 bits per heavy atom. The van der Waals surface area contributed by atoms with Gasteiger partial charge in [0.15, 0.2) is 0 Å². The third kappa shape index (κ3) is 3.03. The van der Waals surface area contributed by atoms with E-state index in [2.05, 4.69) is 58.1 Å². The first-order valence-corrected chi connectivity index (χ1v) is 9.39. The molecular weight excluding hydrogens is 334 g/mol. The minimum Gasteiger partial charge on any atom is -0.492 e. The van der Waals surface area contributed by atoms with E-state index in [1.807, 2.05) is 6.92 Å². The van der Waals surface area contributed by atoms with Crippen LogP contribution in [0.2, 0.25) is 0 Å². The molecule has 1 N–H and O–H groups in total. The van der Waals surface area contributed by atoms with Crippen molar-refractivity contribution in [3.8, 4) is 5.88 Å². The molecule has 0 aliphatic carbocycles. The Kier molecular flexibility index (Phi) is 4.23. The highest BCUT2D eigenvalue weighted by Gasteiger charge is 2.31. The van der Waals surface area contributed by atoms with Gasteiger partial charge in [0.2, 0.25) is 10.8 Å². The van der Waals surface area contributed by atoms with Gasteiger partial charge in [-0.3, -0.25) is 4.90 Å². The van der Waals surface area contributed by atoms with Crippen molar-refractivity contribution >= 4 is 16.3 Å². The van der Waals surface area contributed by atoms with Gasteiger partial charge >= 0.3 is 0 Å². The number of nitrogens with zero attached hydrogens (tertiary/aromatic N) is 5. The number of hydrogen-bond acceptors (Lipinski definition) is 6. The SMILES string of the molecule is Cc1cccc(C(c2sc3nc(C)nn3c2O)N2CCN(C)CC2)c1. The van der Waals surface area contributed by atoms with Crippen molar-refractivity contribution in [3.05, 3.63) is 46.1 Å². The summed E-state index contributed by atoms with van der Waals surface area (Å²) < 4.78 is 1.56. The molecule has 3 aromatic rings. The van der Waals surface area contributed by atoms with Crippen molar-refractivity contribution in [2.45, 2.75) is 19.9 Å². The van der Waals surface area contributed by atoms with Crippen molar-refractivity contribution in [2.24, 2.45) is 0 Å². The third-order valence-electron chi connectivity index (χ3n) is 4.81. The Balaban J connectivity index is 1.81. The molecular formula is C18H23N5OS. The molecule has 2 aromatic heterocycles. The van der Waals surface area contributed by atoms with Crippen molar-refractivity contribution < 1.29 is 5.11 Å². The summed E-state index contributed by atoms with van der Waals surface area (Å²) in [5.74, 6) is 0.894. The molecule has 0 spiro atoms. The van der Waals surface area contributed by atoms with Crippen LogP contribution in [-0.4, -0.2) is 62.7 Å². The molecule has 7 heteroatoms. The highest BCUT2D eigenvalue weighted by atomic mass is 32.1. The van der Waals surface area contributed by atoms with Crippen molar-refractivity contribution in [2.75, 3.05) is 33.2 Å². The maximum absolute atomic E-state index is 10.8. The van der Waals surface area contributed by atoms with Crippen LogP contribution in [0.4, 0.5) is 0 Å². The van der Waals surface area contributed by atoms with E-state index in [0.717, 1.165) is 36.0 Å². The first-order chi connectivity index (χ1) is 12.0. The summed E-state index contributed by atoms with van der Waals surface area (Å²) in [6.45, 7) is 7.96. The lowest BCUT2D eigenvalue weighted by Crippen LogP contribution is -2.46. The number of aromatic hydroxyl groups is 1. The molecule has 1 aliphatic rings. The second-order valence-electron chi connectivity index (χ2n) is 6.80. The van der Waals surface area contributed by atoms with E-state index in [4.69, 9.17) is 0 Å². The van der Waals surface area contributed by atoms with Crippen LogP contribution in [-0.2, 0) is 0 Å². The fourth-order valence-corrected chi connectivity index (χ4v) is 4.64. The predicted molar refractivity (Wildman–Crippen MR) is 99.4 cm³/mol. The lowest BCUT2D eigenvalue weighted by atomic mass is 10.0. The molecule has 1 aliphatic heterocycles. The number of thiazole rings is 1. The molecule has 6 nitrogen and oxygen atoms in total. The van der Waals surface area contributed by atoms with E-state index in [1.165, 1.54) is 22.5 Å². The Morgan fingerprint density at radius 2 is 1.92 bits per heavy atom. The molecule has 4 rings (SSSR count). The third-order valence-corrected chi connectivity index (χ3v) is 5.89. The van der Waals surface area contributed by atoms with Crippen LogP contribution in [0.25, 0.3) is 4.96 Å². The quantitative estimate of drug-likeness (QED) is 0.780. The van der Waals surface area contributed by atoms with E-state index in [9.17, 15) is 5.11 Å². The Bertz CT molecular complexity index is 894. The zero-order chi connectivity index (χ0) is 17.6. The van der Waals surface area contributed by atoms with Gasteiger partial charge in [0.05, 0.1) is 10.9 Å². The molecule has 0 amide bonds. The number of piperazine rings is 1. The largest absolute Gasteiger partial charge is 0.492 e. The Morgan fingerprint density at radius 3 is 2.60 bits per heavy atom. The number of fused-ring (bicyclic) bond motifs is 1. The van der Waals surface area contributed by atoms with Gasteiger partial charge in [-0.1, -0.05) is 41.2 Å². The summed E-state index contributed by atoms with van der Waals surface area (Å²) in [5.41, 5.74) is 2.44. The molecule has 25 heavy (non-hydrogen) atoms. The molecule has 0 bridgehead atoms. The lowest BCUT2D eigenvalue weighted by Gasteiger charge is -2.37. The number of likely N-dealkylation sites (N-methyl/N-ethyl adjacent to an activating group) is 1. The van der Waals surface area contributed by atoms with Gasteiger partial charge in [-0.05, 0) is 26.5 Å². The molecule has 3 heterocycles. The fourth-order valence-electron chi connectivity index (χ4n) is 3.47. The molecule has 1 fully saturated rings. The topological polar surface area (TPSA) is 56.9 Å². The van der Waals surface area contributed by atoms with Gasteiger partial charge in [-0.2, -0.15) is 4.52 Å². The standard InChI is InChI=1S/C18H23N5OS/c1-12-5-4-6-14(11-12)15(22-9-7-21(3)8-10-22)16-17(24)23-18(25-16)19-13(2)20-23/h4-6,11,15,24H,7-10H2,1-3H3. The first-order valence-electron chi connectivity index (χ1n) is 8.57. The van der Waals surface area contributed by atoms with Gasteiger partial charge < -0.3 is 10.0 Å². The Labute approximate surface area is 151 Å². The van der Waals surface area contributed by atoms with E-state index in [1.54, 1.807) is 4.52 Å². The second kappa shape index (κ2) is 6.40. The Hall–Kier alpha value is -1.96. The molecule has 1 aromatic carbocycles. The minimum absolute atomic E-state index is 0.0300. The van der Waals surface area contributed by atoms with Crippen molar-refractivity contribution in [1.82, 2.24) is 24.4 Å². The number of aryl methyl sites for hydroxylation is 2. The number of aromatic nitrogens is 3. The van der Waals surface area contributed by atoms with Crippen LogP contribution >= 0.6 is 11.3 Å². The maximum atomic E-state index is 10.8. The summed E-state index contributed by atoms with van der Waals surface area (Å²) in [5, 5.41) is 15.1. The normalized spacial score (nSPS) is 18.0. The van der Waals surface area contributed by atoms with Crippen LogP contribution in [0.15, 0.2) is 24.3 Å². The monoisotopic (exact) mass is 357 g/mol. The smallest absolute Gasteiger partial charge is 0.230 e. The first kappa shape index (κ1) is 16.5. The van der Waals surface area contributed by atoms with Gasteiger partial charge in [-0.15, -0.1) is 5.10 Å². The zero-order valence-electron chi connectivity index (χ0n) is 14.8. The summed E-state index contributed by atoms with van der Waals surface area (Å²) in [6.07, 6.45) is 0. The summed E-state index contributed by atoms with van der Waals surface area (Å²) in [4.78, 5) is 10.9. The minimum atomic E-state index is 0.0300. The van der Waals surface area contributed by atoms with Crippen LogP contribution in [0.1, 0.15) is 27.9 Å². The fraction of sp³-hybridized carbons (Fsp3) is 0.444. The lowest BCUT2D eigenvalue weighted by molar-refractivity contribution is 0.127. The average Bonchev–Trinajstić information content (AvgIpc) is 3.08. The van der Waals surface area contributed by atoms with E-state index in [0.29, 0.717) is 5.82 Å². The van der Waals surface area contributed by atoms with E-state index >= 15 is 0 Å². The number of rotatable bonds is 3. The highest BCUT2D eigenvalue weighted by Crippen LogP contribution is 2.40. The second-order valence-corrected chi connectivity index (χ2v) is 7.81. The van der Waals surface area contributed by atoms with Gasteiger partial charge in [-0.25, -0.2) is 4.98 Å². The van der Waals surface area contributed by atoms with E-state index < -0.39 is 0 Å². The van der Waals surface area contributed by atoms with Gasteiger partial charge in [0.25, 0.3) is 0 Å². The van der Waals surface area contributed by atoms with Crippen LogP contribution in [0.3, 0.4) is 0 Å². The number of hydrogen-bond donors (Lipinski definition) is 1. The van der Waals surface area contributed by atoms with E-state index in [-0.39, 0.29) is 11.9 Å². The molecule has 0 radical (unpaired) electrons. The van der Waals surface area contributed by atoms with Crippen LogP contribution in [0, 0.1) is 13.8 Å². The van der Waals surface area contributed by atoms with Crippen molar-refractivity contribution in [3.63, 3.8) is 0 Å². The molecule has 1 unspecified atom stereocenters. The molecule has 0 saturated carbocycles. The average molecular weight is 357 g/mol. The van der Waals surface area contributed by atoms with Gasteiger partial charge in [0.1, 0.15) is 5.82 Å². The molecule has 132 valence electrons. The summed E-state index contributed by atoms with van der Waals surface area (Å²) >= 11 is 1.53. The maximum Gasteiger partial charge on any atom is 0.230 e. The van der Waals surface area contributed by atoms with Crippen molar-refractivity contribution in [1.29, 1.82) is 0 Å². The summed E-state index contributed by atoms with van der Waals surface area (Å²) in [7, 11) is 2.16.